The highest BCUT2D eigenvalue weighted by molar-refractivity contribution is 6.21. The number of nitriles is 1. The second-order valence-corrected chi connectivity index (χ2v) is 10.8. The van der Waals surface area contributed by atoms with Gasteiger partial charge in [0.25, 0.3) is 0 Å². The quantitative estimate of drug-likeness (QED) is 0.0845. The molecule has 0 atom stereocenters. The van der Waals surface area contributed by atoms with Gasteiger partial charge in [0.2, 0.25) is 6.19 Å². The molecule has 0 aliphatic carbocycles. The van der Waals surface area contributed by atoms with Gasteiger partial charge in [-0.1, -0.05) is 30.3 Å². The van der Waals surface area contributed by atoms with Gasteiger partial charge in [0.15, 0.2) is 5.36 Å². The minimum Gasteiger partial charge on any atom is -0.207 e. The van der Waals surface area contributed by atoms with Crippen molar-refractivity contribution in [1.82, 2.24) is 0 Å². The molecule has 0 aliphatic rings. The van der Waals surface area contributed by atoms with Crippen molar-refractivity contribution in [1.29, 1.82) is 5.26 Å². The summed E-state index contributed by atoms with van der Waals surface area (Å²) < 4.78 is 68.6. The van der Waals surface area contributed by atoms with E-state index in [4.69, 9.17) is 6.57 Å². The fraction of sp³-hybridized carbons (Fsp3) is 0.0556. The highest BCUT2D eigenvalue weighted by atomic mass is 19.4. The van der Waals surface area contributed by atoms with Gasteiger partial charge < -0.3 is 0 Å². The van der Waals surface area contributed by atoms with E-state index in [1.54, 1.807) is 18.2 Å². The Kier molecular flexibility index (Phi) is 6.24. The maximum Gasteiger partial charge on any atom is 0.416 e. The lowest BCUT2D eigenvalue weighted by Crippen LogP contribution is -2.05. The van der Waals surface area contributed by atoms with E-state index in [2.05, 4.69) is 15.0 Å². The van der Waals surface area contributed by atoms with Crippen LogP contribution in [0.25, 0.3) is 70.3 Å². The molecule has 0 unspecified atom stereocenters. The van der Waals surface area contributed by atoms with Crippen molar-refractivity contribution in [2.45, 2.75) is 13.1 Å². The molecular weight excluding hydrogens is 583 g/mol. The molecule has 9 heteroatoms. The predicted molar refractivity (Wildman–Crippen MR) is 163 cm³/mol. The van der Waals surface area contributed by atoms with Crippen molar-refractivity contribution < 1.29 is 22.0 Å². The number of hydrogen-bond donors (Lipinski definition) is 0. The number of benzene rings is 5. The van der Waals surface area contributed by atoms with Crippen molar-refractivity contribution in [2.75, 3.05) is 0 Å². The van der Waals surface area contributed by atoms with E-state index < -0.39 is 17.6 Å². The summed E-state index contributed by atoms with van der Waals surface area (Å²) in [4.78, 5) is 7.38. The van der Waals surface area contributed by atoms with Crippen LogP contribution in [-0.2, 0) is 6.18 Å². The van der Waals surface area contributed by atoms with Crippen LogP contribution in [0.4, 0.5) is 22.0 Å². The third-order valence-electron chi connectivity index (χ3n) is 8.04. The van der Waals surface area contributed by atoms with Gasteiger partial charge in [-0.05, 0) is 111 Å². The first-order chi connectivity index (χ1) is 21.5. The van der Waals surface area contributed by atoms with Gasteiger partial charge in [0.1, 0.15) is 11.6 Å². The second kappa shape index (κ2) is 10.1. The van der Waals surface area contributed by atoms with Gasteiger partial charge in [-0.2, -0.15) is 30.0 Å². The predicted octanol–water partition coefficient (Wildman–Crippen LogP) is 9.23. The molecule has 4 nitrogen and oxygen atoms in total. The summed E-state index contributed by atoms with van der Waals surface area (Å²) in [5.41, 5.74) is 1.46. The summed E-state index contributed by atoms with van der Waals surface area (Å²) in [6.45, 7) is 9.30. The molecule has 0 N–H and O–H groups in total. The number of hydrogen-bond acceptors (Lipinski definition) is 3. The Balaban J connectivity index is 1.51. The molecule has 0 amide bonds. The maximum absolute atomic E-state index is 14.2. The largest absolute Gasteiger partial charge is 0.416 e. The van der Waals surface area contributed by atoms with Crippen molar-refractivity contribution in [3.63, 3.8) is 0 Å². The average molecular weight is 601 g/mol. The Morgan fingerprint density at radius 1 is 0.622 bits per heavy atom. The van der Waals surface area contributed by atoms with Crippen LogP contribution in [0.2, 0.25) is 0 Å². The summed E-state index contributed by atoms with van der Waals surface area (Å²) in [6, 6.07) is 21.3. The zero-order chi connectivity index (χ0) is 31.6. The molecule has 7 aromatic rings. The van der Waals surface area contributed by atoms with Crippen LogP contribution < -0.4 is 10.7 Å². The fourth-order valence-corrected chi connectivity index (χ4v) is 6.19. The normalized spacial score (nSPS) is 12.9. The number of alkyl halides is 3. The van der Waals surface area contributed by atoms with Crippen molar-refractivity contribution in [3.05, 3.63) is 130 Å². The molecule has 0 aromatic heterocycles. The van der Waals surface area contributed by atoms with Crippen LogP contribution in [0.1, 0.15) is 11.1 Å². The van der Waals surface area contributed by atoms with Crippen LogP contribution in [0.5, 0.6) is 0 Å². The maximum atomic E-state index is 14.2. The molecule has 0 aliphatic heterocycles. The number of aryl methyl sites for hydroxylation is 1. The van der Waals surface area contributed by atoms with Crippen LogP contribution in [0, 0.1) is 36.6 Å². The number of rotatable bonds is 2. The van der Waals surface area contributed by atoms with Crippen LogP contribution >= 0.6 is 0 Å². The monoisotopic (exact) mass is 600 g/mol. The molecule has 0 saturated heterocycles. The Morgan fingerprint density at radius 2 is 1.16 bits per heavy atom. The van der Waals surface area contributed by atoms with E-state index in [0.29, 0.717) is 60.2 Å². The molecule has 216 valence electrons. The number of fused-ring (bicyclic) bond motifs is 6. The lowest BCUT2D eigenvalue weighted by molar-refractivity contribution is -0.137. The summed E-state index contributed by atoms with van der Waals surface area (Å²) in [5, 5.41) is 19.9. The molecule has 0 fully saturated rings. The highest BCUT2D eigenvalue weighted by Crippen LogP contribution is 2.37. The van der Waals surface area contributed by atoms with Gasteiger partial charge in [0, 0.05) is 21.5 Å². The Hall–Kier alpha value is -5.93. The number of halogens is 5. The van der Waals surface area contributed by atoms with E-state index in [9.17, 15) is 27.2 Å². The highest BCUT2D eigenvalue weighted by Gasteiger charge is 2.31. The Labute approximate surface area is 251 Å². The Morgan fingerprint density at radius 3 is 1.71 bits per heavy atom. The van der Waals surface area contributed by atoms with E-state index in [-0.39, 0.29) is 11.4 Å². The minimum absolute atomic E-state index is 0.0320. The number of nitrogens with zero attached hydrogens (tertiary/aromatic N) is 4. The molecule has 7 rings (SSSR count). The molecular formula is C36H17F5N4. The van der Waals surface area contributed by atoms with Crippen molar-refractivity contribution in [3.8, 4) is 28.4 Å². The van der Waals surface area contributed by atoms with Crippen LogP contribution in [0.15, 0.2) is 95.0 Å². The molecule has 0 heterocycles. The van der Waals surface area contributed by atoms with Gasteiger partial charge in [-0.3, -0.25) is 0 Å². The van der Waals surface area contributed by atoms with E-state index in [0.717, 1.165) is 34.0 Å². The summed E-state index contributed by atoms with van der Waals surface area (Å²) in [6.07, 6.45) is -2.90. The average Bonchev–Trinajstić information content (AvgIpc) is 3.46. The topological polar surface area (TPSA) is 52.9 Å². The van der Waals surface area contributed by atoms with Crippen LogP contribution in [-0.4, -0.2) is 0 Å². The minimum atomic E-state index is -4.73. The van der Waals surface area contributed by atoms with Crippen molar-refractivity contribution in [2.24, 2.45) is 10.1 Å². The van der Waals surface area contributed by atoms with Gasteiger partial charge in [0.05, 0.1) is 16.0 Å². The van der Waals surface area contributed by atoms with Gasteiger partial charge in [-0.25, -0.2) is 8.78 Å². The molecule has 7 aromatic carbocycles. The zero-order valence-corrected chi connectivity index (χ0v) is 23.3. The smallest absolute Gasteiger partial charge is 0.207 e. The second-order valence-electron chi connectivity index (χ2n) is 10.8. The van der Waals surface area contributed by atoms with Gasteiger partial charge >= 0.3 is 6.18 Å². The first-order valence-electron chi connectivity index (χ1n) is 13.6. The molecule has 0 radical (unpaired) electrons. The molecule has 0 bridgehead atoms. The van der Waals surface area contributed by atoms with E-state index >= 15 is 0 Å². The molecule has 0 saturated carbocycles. The first kappa shape index (κ1) is 27.9. The zero-order valence-electron chi connectivity index (χ0n) is 23.3. The summed E-state index contributed by atoms with van der Waals surface area (Å²) >= 11 is 0. The van der Waals surface area contributed by atoms with Gasteiger partial charge in [-0.15, -0.1) is 4.95 Å². The lowest BCUT2D eigenvalue weighted by atomic mass is 10.00. The Bertz CT molecular complexity index is 2570. The first-order valence-corrected chi connectivity index (χ1v) is 13.6. The molecule has 0 spiro atoms. The fourth-order valence-electron chi connectivity index (χ4n) is 6.19. The lowest BCUT2D eigenvalue weighted by Gasteiger charge is -2.10. The summed E-state index contributed by atoms with van der Waals surface area (Å²) in [5.74, 6) is -1.38. The van der Waals surface area contributed by atoms with Crippen LogP contribution in [0.3, 0.4) is 0 Å². The van der Waals surface area contributed by atoms with Crippen molar-refractivity contribution >= 4 is 43.1 Å². The third kappa shape index (κ3) is 4.57. The standard InChI is InChI=1S/C36H17F5N4/c1-18-7-21(10-24(37)8-18)19-3-6-27-29-15-32-28(16-33(29)35(45-43-2)31(27)13-19)26-5-4-20(12-30(26)34(32)44-17-42)22-9-23(36(39,40)41)14-25(38)11-22/h3-16H,1H3/b44-34+,45-35+. The summed E-state index contributed by atoms with van der Waals surface area (Å²) in [7, 11) is 0. The SMILES string of the molecule is [C-]#[N+]/N=c1\c2cc(-c3cc(C)cc(F)c3)ccc2c2cc3/c(=N/C#N)c4cc(-c5cc(F)cc(C(F)(F)F)c5)ccc4c3cc12. The van der Waals surface area contributed by atoms with E-state index in [1.807, 2.05) is 49.5 Å². The molecule has 45 heavy (non-hydrogen) atoms. The third-order valence-corrected chi connectivity index (χ3v) is 8.04. The van der Waals surface area contributed by atoms with E-state index in [1.165, 1.54) is 12.1 Å².